The summed E-state index contributed by atoms with van der Waals surface area (Å²) >= 11 is 0. The van der Waals surface area contributed by atoms with Crippen molar-refractivity contribution in [2.24, 2.45) is 0 Å². The Kier molecular flexibility index (Phi) is 7.82. The zero-order chi connectivity index (χ0) is 21.3. The summed E-state index contributed by atoms with van der Waals surface area (Å²) in [6, 6.07) is 13.6. The van der Waals surface area contributed by atoms with E-state index >= 15 is 0 Å². The van der Waals surface area contributed by atoms with Gasteiger partial charge in [-0.15, -0.1) is 0 Å². The van der Waals surface area contributed by atoms with Gasteiger partial charge in [0.05, 0.1) is 27.4 Å². The predicted molar refractivity (Wildman–Crippen MR) is 115 cm³/mol. The van der Waals surface area contributed by atoms with Crippen LogP contribution in [-0.2, 0) is 11.3 Å². The highest BCUT2D eigenvalue weighted by atomic mass is 16.5. The Morgan fingerprint density at radius 1 is 1.00 bits per heavy atom. The zero-order valence-electron chi connectivity index (χ0n) is 18.1. The lowest BCUT2D eigenvalue weighted by atomic mass is 10.1. The van der Waals surface area contributed by atoms with Crippen LogP contribution in [0.4, 0.5) is 0 Å². The molecule has 1 aliphatic carbocycles. The van der Waals surface area contributed by atoms with E-state index in [1.165, 1.54) is 0 Å². The molecular formula is C24H31NO5. The average molecular weight is 414 g/mol. The molecule has 2 aromatic rings. The second kappa shape index (κ2) is 10.8. The third kappa shape index (κ3) is 5.81. The summed E-state index contributed by atoms with van der Waals surface area (Å²) in [4.78, 5) is 14.9. The summed E-state index contributed by atoms with van der Waals surface area (Å²) in [5.74, 6) is 3.12. The predicted octanol–water partition coefficient (Wildman–Crippen LogP) is 4.45. The van der Waals surface area contributed by atoms with E-state index in [1.807, 2.05) is 54.3 Å². The van der Waals surface area contributed by atoms with Crippen molar-refractivity contribution in [3.05, 3.63) is 48.0 Å². The number of carbonyl (C=O) groups excluding carboxylic acids is 1. The first-order valence-electron chi connectivity index (χ1n) is 10.5. The Bertz CT molecular complexity index is 834. The van der Waals surface area contributed by atoms with Crippen molar-refractivity contribution in [2.75, 3.05) is 27.4 Å². The lowest BCUT2D eigenvalue weighted by Crippen LogP contribution is -2.32. The first kappa shape index (κ1) is 21.8. The van der Waals surface area contributed by atoms with Gasteiger partial charge in [0, 0.05) is 24.6 Å². The Hall–Kier alpha value is -2.89. The Morgan fingerprint density at radius 2 is 1.73 bits per heavy atom. The molecule has 0 saturated heterocycles. The minimum atomic E-state index is 0.143. The van der Waals surface area contributed by atoms with Crippen molar-refractivity contribution in [3.63, 3.8) is 0 Å². The van der Waals surface area contributed by atoms with Crippen molar-refractivity contribution in [1.82, 2.24) is 4.90 Å². The minimum absolute atomic E-state index is 0.143. The molecule has 3 rings (SSSR count). The van der Waals surface area contributed by atoms with Crippen LogP contribution < -0.4 is 18.9 Å². The summed E-state index contributed by atoms with van der Waals surface area (Å²) in [5.41, 5.74) is 0.957. The van der Waals surface area contributed by atoms with Crippen LogP contribution in [0.15, 0.2) is 42.5 Å². The van der Waals surface area contributed by atoms with E-state index in [2.05, 4.69) is 0 Å². The molecule has 0 aliphatic heterocycles. The van der Waals surface area contributed by atoms with Gasteiger partial charge in [-0.05, 0) is 56.5 Å². The lowest BCUT2D eigenvalue weighted by Gasteiger charge is -2.24. The summed E-state index contributed by atoms with van der Waals surface area (Å²) in [6.45, 7) is 3.52. The molecule has 0 heterocycles. The minimum Gasteiger partial charge on any atom is -0.497 e. The van der Waals surface area contributed by atoms with Gasteiger partial charge >= 0.3 is 0 Å². The number of amides is 1. The number of hydrogen-bond acceptors (Lipinski definition) is 5. The maximum Gasteiger partial charge on any atom is 0.223 e. The summed E-state index contributed by atoms with van der Waals surface area (Å²) in [6.07, 6.45) is 3.20. The number of hydrogen-bond donors (Lipinski definition) is 0. The third-order valence-electron chi connectivity index (χ3n) is 5.08. The normalized spacial score (nSPS) is 12.9. The monoisotopic (exact) mass is 413 g/mol. The fourth-order valence-corrected chi connectivity index (χ4v) is 3.39. The largest absolute Gasteiger partial charge is 0.497 e. The van der Waals surface area contributed by atoms with Crippen LogP contribution >= 0.6 is 0 Å². The summed E-state index contributed by atoms with van der Waals surface area (Å²) < 4.78 is 22.2. The van der Waals surface area contributed by atoms with Crippen molar-refractivity contribution in [3.8, 4) is 23.0 Å². The molecule has 1 saturated carbocycles. The molecule has 6 nitrogen and oxygen atoms in total. The highest BCUT2D eigenvalue weighted by Crippen LogP contribution is 2.32. The van der Waals surface area contributed by atoms with Gasteiger partial charge in [0.2, 0.25) is 5.91 Å². The van der Waals surface area contributed by atoms with E-state index in [4.69, 9.17) is 18.9 Å². The van der Waals surface area contributed by atoms with E-state index < -0.39 is 0 Å². The molecule has 1 amide bonds. The fourth-order valence-electron chi connectivity index (χ4n) is 3.39. The maximum atomic E-state index is 12.9. The Morgan fingerprint density at radius 3 is 2.37 bits per heavy atom. The molecule has 162 valence electrons. The van der Waals surface area contributed by atoms with Crippen LogP contribution in [0.5, 0.6) is 23.0 Å². The molecule has 0 aromatic heterocycles. The van der Waals surface area contributed by atoms with Gasteiger partial charge in [0.15, 0.2) is 11.5 Å². The second-order valence-corrected chi connectivity index (χ2v) is 7.26. The van der Waals surface area contributed by atoms with Crippen LogP contribution in [-0.4, -0.2) is 44.3 Å². The van der Waals surface area contributed by atoms with Crippen LogP contribution in [0.25, 0.3) is 0 Å². The van der Waals surface area contributed by atoms with Crippen LogP contribution in [0.2, 0.25) is 0 Å². The first-order chi connectivity index (χ1) is 14.7. The molecule has 0 unspecified atom stereocenters. The average Bonchev–Trinajstić information content (AvgIpc) is 3.61. The number of methoxy groups -OCH3 is 2. The fraction of sp³-hybridized carbons (Fsp3) is 0.458. The number of carbonyl (C=O) groups is 1. The van der Waals surface area contributed by atoms with E-state index in [1.54, 1.807) is 14.2 Å². The third-order valence-corrected chi connectivity index (χ3v) is 5.08. The molecule has 2 aromatic carbocycles. The smallest absolute Gasteiger partial charge is 0.223 e. The van der Waals surface area contributed by atoms with E-state index in [0.717, 1.165) is 35.7 Å². The topological polar surface area (TPSA) is 57.2 Å². The van der Waals surface area contributed by atoms with Gasteiger partial charge in [0.1, 0.15) is 11.5 Å². The van der Waals surface area contributed by atoms with Gasteiger partial charge in [-0.25, -0.2) is 0 Å². The number of para-hydroxylation sites is 2. The molecule has 6 heteroatoms. The SMILES string of the molecule is CCOc1ccccc1OCCCC(=O)N(Cc1cc(OC)ccc1OC)C1CC1. The first-order valence-corrected chi connectivity index (χ1v) is 10.5. The highest BCUT2D eigenvalue weighted by molar-refractivity contribution is 5.77. The van der Waals surface area contributed by atoms with Gasteiger partial charge in [-0.3, -0.25) is 4.79 Å². The van der Waals surface area contributed by atoms with Crippen molar-refractivity contribution < 1.29 is 23.7 Å². The van der Waals surface area contributed by atoms with Crippen molar-refractivity contribution in [1.29, 1.82) is 0 Å². The van der Waals surface area contributed by atoms with Gasteiger partial charge in [0.25, 0.3) is 0 Å². The molecule has 1 fully saturated rings. The molecule has 1 aliphatic rings. The molecule has 30 heavy (non-hydrogen) atoms. The lowest BCUT2D eigenvalue weighted by molar-refractivity contribution is -0.132. The highest BCUT2D eigenvalue weighted by Gasteiger charge is 2.32. The standard InChI is InChI=1S/C24H31NO5/c1-4-29-22-8-5-6-9-23(22)30-15-7-10-24(26)25(19-11-12-19)17-18-16-20(27-2)13-14-21(18)28-3/h5-6,8-9,13-14,16,19H,4,7,10-12,15,17H2,1-3H3. The van der Waals surface area contributed by atoms with Gasteiger partial charge in [-0.1, -0.05) is 12.1 Å². The second-order valence-electron chi connectivity index (χ2n) is 7.26. The number of nitrogens with zero attached hydrogens (tertiary/aromatic N) is 1. The van der Waals surface area contributed by atoms with E-state index in [0.29, 0.717) is 44.4 Å². The van der Waals surface area contributed by atoms with Gasteiger partial charge in [-0.2, -0.15) is 0 Å². The van der Waals surface area contributed by atoms with E-state index in [-0.39, 0.29) is 5.91 Å². The molecule has 0 atom stereocenters. The molecule has 0 N–H and O–H groups in total. The van der Waals surface area contributed by atoms with Gasteiger partial charge < -0.3 is 23.8 Å². The number of ether oxygens (including phenoxy) is 4. The molecule has 0 bridgehead atoms. The molecular weight excluding hydrogens is 382 g/mol. The maximum absolute atomic E-state index is 12.9. The van der Waals surface area contributed by atoms with E-state index in [9.17, 15) is 4.79 Å². The number of benzene rings is 2. The van der Waals surface area contributed by atoms with Crippen molar-refractivity contribution >= 4 is 5.91 Å². The number of rotatable bonds is 12. The molecule has 0 spiro atoms. The quantitative estimate of drug-likeness (QED) is 0.481. The van der Waals surface area contributed by atoms with Crippen LogP contribution in [0.1, 0.15) is 38.2 Å². The zero-order valence-corrected chi connectivity index (χ0v) is 18.1. The van der Waals surface area contributed by atoms with Crippen LogP contribution in [0.3, 0.4) is 0 Å². The van der Waals surface area contributed by atoms with Crippen LogP contribution in [0, 0.1) is 0 Å². The summed E-state index contributed by atoms with van der Waals surface area (Å²) in [7, 11) is 3.28. The summed E-state index contributed by atoms with van der Waals surface area (Å²) in [5, 5.41) is 0. The van der Waals surface area contributed by atoms with Crippen molar-refractivity contribution in [2.45, 2.75) is 45.2 Å². The Balaban J connectivity index is 1.56. The Labute approximate surface area is 178 Å². The molecule has 0 radical (unpaired) electrons.